The van der Waals surface area contributed by atoms with Gasteiger partial charge in [-0.25, -0.2) is 0 Å². The van der Waals surface area contributed by atoms with Gasteiger partial charge in [-0.2, -0.15) is 0 Å². The summed E-state index contributed by atoms with van der Waals surface area (Å²) < 4.78 is 0. The molecule has 23 heavy (non-hydrogen) atoms. The smallest absolute Gasteiger partial charge is 0.0276 e. The standard InChI is InChI=1S/C23H28/c1-2-7-19-13-21-9-4-3-8-20-12-18(6-1)14-22(16-20)10-5-11-23(15-19)17-21/h12-17H,1-11H2. The van der Waals surface area contributed by atoms with Crippen molar-refractivity contribution in [1.29, 1.82) is 0 Å². The first-order valence-electron chi connectivity index (χ1n) is 9.59. The lowest BCUT2D eigenvalue weighted by molar-refractivity contribution is 0.714. The van der Waals surface area contributed by atoms with Crippen molar-refractivity contribution in [2.75, 3.05) is 0 Å². The Morgan fingerprint density at radius 2 is 0.522 bits per heavy atom. The third-order valence-electron chi connectivity index (χ3n) is 5.52. The Morgan fingerprint density at radius 1 is 0.304 bits per heavy atom. The lowest BCUT2D eigenvalue weighted by Crippen LogP contribution is -1.97. The predicted octanol–water partition coefficient (Wildman–Crippen LogP) is 5.62. The molecule has 0 nitrogen and oxygen atoms in total. The Hall–Kier alpha value is -1.56. The molecule has 0 amide bonds. The van der Waals surface area contributed by atoms with Crippen molar-refractivity contribution < 1.29 is 0 Å². The summed E-state index contributed by atoms with van der Waals surface area (Å²) in [5.41, 5.74) is 9.49. The van der Waals surface area contributed by atoms with Gasteiger partial charge >= 0.3 is 0 Å². The van der Waals surface area contributed by atoms with E-state index in [9.17, 15) is 0 Å². The number of fused-ring (bicyclic) bond motifs is 6. The fraction of sp³-hybridized carbons (Fsp3) is 0.478. The molecular formula is C23H28. The second-order valence-corrected chi connectivity index (χ2v) is 7.58. The van der Waals surface area contributed by atoms with Crippen molar-refractivity contribution in [2.45, 2.75) is 70.6 Å². The van der Waals surface area contributed by atoms with Crippen LogP contribution in [0.25, 0.3) is 0 Å². The summed E-state index contributed by atoms with van der Waals surface area (Å²) in [4.78, 5) is 0. The first-order chi connectivity index (χ1) is 11.3. The minimum absolute atomic E-state index is 1.24. The summed E-state index contributed by atoms with van der Waals surface area (Å²) in [6, 6.07) is 14.9. The van der Waals surface area contributed by atoms with E-state index in [1.165, 1.54) is 70.6 Å². The van der Waals surface area contributed by atoms with E-state index in [4.69, 9.17) is 0 Å². The highest BCUT2D eigenvalue weighted by atomic mass is 14.1. The molecule has 0 N–H and O–H groups in total. The molecule has 0 fully saturated rings. The summed E-state index contributed by atoms with van der Waals surface area (Å²) in [6.45, 7) is 0. The van der Waals surface area contributed by atoms with Crippen LogP contribution in [0.2, 0.25) is 0 Å². The third kappa shape index (κ3) is 3.86. The molecule has 6 bridgehead atoms. The highest BCUT2D eigenvalue weighted by Gasteiger charge is 2.08. The molecular weight excluding hydrogens is 276 g/mol. The van der Waals surface area contributed by atoms with Gasteiger partial charge in [0.15, 0.2) is 0 Å². The molecule has 0 spiro atoms. The Morgan fingerprint density at radius 3 is 0.783 bits per heavy atom. The zero-order valence-electron chi connectivity index (χ0n) is 14.2. The monoisotopic (exact) mass is 304 g/mol. The lowest BCUT2D eigenvalue weighted by Gasteiger charge is -2.11. The highest BCUT2D eigenvalue weighted by molar-refractivity contribution is 5.33. The molecule has 0 radical (unpaired) electrons. The normalized spacial score (nSPS) is 18.3. The molecule has 120 valence electrons. The van der Waals surface area contributed by atoms with E-state index in [0.717, 1.165) is 0 Å². The molecule has 0 atom stereocenters. The average Bonchev–Trinajstić information content (AvgIpc) is 2.56. The maximum Gasteiger partial charge on any atom is -0.0276 e. The van der Waals surface area contributed by atoms with E-state index in [1.807, 2.05) is 0 Å². The van der Waals surface area contributed by atoms with Gasteiger partial charge in [0.1, 0.15) is 0 Å². The van der Waals surface area contributed by atoms with E-state index >= 15 is 0 Å². The molecule has 2 aliphatic carbocycles. The van der Waals surface area contributed by atoms with Crippen molar-refractivity contribution in [2.24, 2.45) is 0 Å². The van der Waals surface area contributed by atoms with Gasteiger partial charge in [-0.05, 0) is 104 Å². The molecule has 0 saturated heterocycles. The van der Waals surface area contributed by atoms with Crippen LogP contribution in [0.4, 0.5) is 0 Å². The number of hydrogen-bond donors (Lipinski definition) is 0. The highest BCUT2D eigenvalue weighted by Crippen LogP contribution is 2.22. The van der Waals surface area contributed by atoms with E-state index in [-0.39, 0.29) is 0 Å². The molecule has 0 heteroatoms. The van der Waals surface area contributed by atoms with E-state index in [2.05, 4.69) is 36.4 Å². The van der Waals surface area contributed by atoms with Crippen LogP contribution >= 0.6 is 0 Å². The zero-order valence-corrected chi connectivity index (χ0v) is 14.2. The largest absolute Gasteiger partial charge is 0.0558 e. The summed E-state index contributed by atoms with van der Waals surface area (Å²) in [5, 5.41) is 0. The van der Waals surface area contributed by atoms with Crippen LogP contribution in [0.15, 0.2) is 36.4 Å². The molecule has 2 aromatic rings. The quantitative estimate of drug-likeness (QED) is 0.592. The van der Waals surface area contributed by atoms with Crippen molar-refractivity contribution in [3.05, 3.63) is 69.8 Å². The molecule has 2 aromatic carbocycles. The lowest BCUT2D eigenvalue weighted by atomic mass is 9.94. The number of hydrogen-bond acceptors (Lipinski definition) is 0. The molecule has 0 saturated carbocycles. The first-order valence-corrected chi connectivity index (χ1v) is 9.59. The topological polar surface area (TPSA) is 0 Å². The number of aryl methyl sites for hydroxylation is 6. The Balaban J connectivity index is 1.74. The first kappa shape index (κ1) is 15.0. The molecule has 0 aromatic heterocycles. The summed E-state index contributed by atoms with van der Waals surface area (Å²) in [7, 11) is 0. The fourth-order valence-electron chi connectivity index (χ4n) is 4.36. The van der Waals surface area contributed by atoms with Gasteiger partial charge in [-0.1, -0.05) is 36.4 Å². The Kier molecular flexibility index (Phi) is 4.50. The van der Waals surface area contributed by atoms with Crippen molar-refractivity contribution in [1.82, 2.24) is 0 Å². The summed E-state index contributed by atoms with van der Waals surface area (Å²) in [5.74, 6) is 0. The minimum atomic E-state index is 1.24. The molecule has 4 rings (SSSR count). The van der Waals surface area contributed by atoms with Crippen LogP contribution < -0.4 is 0 Å². The van der Waals surface area contributed by atoms with Gasteiger partial charge in [-0.15, -0.1) is 0 Å². The van der Waals surface area contributed by atoms with Crippen molar-refractivity contribution in [3.63, 3.8) is 0 Å². The van der Waals surface area contributed by atoms with Gasteiger partial charge in [0.05, 0.1) is 0 Å². The van der Waals surface area contributed by atoms with Crippen molar-refractivity contribution >= 4 is 0 Å². The average molecular weight is 304 g/mol. The Bertz CT molecular complexity index is 572. The van der Waals surface area contributed by atoms with Gasteiger partial charge in [-0.3, -0.25) is 0 Å². The molecule has 0 heterocycles. The van der Waals surface area contributed by atoms with Crippen LogP contribution in [-0.2, 0) is 38.5 Å². The SMILES string of the molecule is c1c2cc3cc1CCCCc1cc(cc(c1)CCC3)CCCC2. The van der Waals surface area contributed by atoms with Crippen LogP contribution in [0.3, 0.4) is 0 Å². The van der Waals surface area contributed by atoms with E-state index < -0.39 is 0 Å². The predicted molar refractivity (Wildman–Crippen MR) is 98.2 cm³/mol. The van der Waals surface area contributed by atoms with E-state index in [1.54, 1.807) is 33.4 Å². The van der Waals surface area contributed by atoms with Crippen LogP contribution in [0, 0.1) is 0 Å². The minimum Gasteiger partial charge on any atom is -0.0558 e. The summed E-state index contributed by atoms with van der Waals surface area (Å²) in [6.07, 6.45) is 14.1. The zero-order chi connectivity index (χ0) is 15.5. The second-order valence-electron chi connectivity index (χ2n) is 7.58. The Labute approximate surface area is 140 Å². The van der Waals surface area contributed by atoms with Crippen LogP contribution in [0.1, 0.15) is 65.5 Å². The second kappa shape index (κ2) is 6.91. The van der Waals surface area contributed by atoms with E-state index in [0.29, 0.717) is 0 Å². The van der Waals surface area contributed by atoms with Gasteiger partial charge in [0.25, 0.3) is 0 Å². The maximum absolute atomic E-state index is 2.49. The molecule has 0 aliphatic heterocycles. The van der Waals surface area contributed by atoms with Crippen LogP contribution in [0.5, 0.6) is 0 Å². The fourth-order valence-corrected chi connectivity index (χ4v) is 4.36. The maximum atomic E-state index is 2.49. The third-order valence-corrected chi connectivity index (χ3v) is 5.52. The molecule has 2 aliphatic rings. The summed E-state index contributed by atoms with van der Waals surface area (Å²) >= 11 is 0. The van der Waals surface area contributed by atoms with Crippen molar-refractivity contribution in [3.8, 4) is 0 Å². The van der Waals surface area contributed by atoms with Gasteiger partial charge in [0, 0.05) is 0 Å². The number of rotatable bonds is 0. The van der Waals surface area contributed by atoms with Gasteiger partial charge in [0.2, 0.25) is 0 Å². The van der Waals surface area contributed by atoms with Crippen LogP contribution in [-0.4, -0.2) is 0 Å². The number of benzene rings is 2. The van der Waals surface area contributed by atoms with Gasteiger partial charge < -0.3 is 0 Å². The molecule has 0 unspecified atom stereocenters.